The fraction of sp³-hybridized carbons (Fsp3) is 0.269. The third-order valence-corrected chi connectivity index (χ3v) is 6.21. The van der Waals surface area contributed by atoms with Crippen molar-refractivity contribution in [3.8, 4) is 11.1 Å². The number of aromatic nitrogens is 2. The minimum Gasteiger partial charge on any atom is -0.386 e. The number of nitrogens with zero attached hydrogens (tertiary/aromatic N) is 1. The molecule has 4 aromatic rings. The van der Waals surface area contributed by atoms with Crippen molar-refractivity contribution in [3.63, 3.8) is 0 Å². The first-order chi connectivity index (χ1) is 15.1. The van der Waals surface area contributed by atoms with Crippen LogP contribution in [0.15, 0.2) is 66.7 Å². The molecule has 0 spiro atoms. The van der Waals surface area contributed by atoms with Gasteiger partial charge in [0, 0.05) is 35.5 Å². The third-order valence-electron chi connectivity index (χ3n) is 6.21. The summed E-state index contributed by atoms with van der Waals surface area (Å²) in [4.78, 5) is 8.16. The van der Waals surface area contributed by atoms with Crippen molar-refractivity contribution >= 4 is 40.6 Å². The molecule has 3 aromatic carbocycles. The molecule has 165 valence electrons. The Morgan fingerprint density at radius 3 is 2.30 bits per heavy atom. The molecule has 1 aliphatic rings. The number of rotatable bonds is 4. The van der Waals surface area contributed by atoms with Crippen LogP contribution < -0.4 is 0 Å². The molecule has 0 aliphatic heterocycles. The van der Waals surface area contributed by atoms with E-state index in [4.69, 9.17) is 4.98 Å². The molecule has 1 saturated carbocycles. The summed E-state index contributed by atoms with van der Waals surface area (Å²) < 4.78 is 38.4. The number of halogens is 3. The van der Waals surface area contributed by atoms with Gasteiger partial charge in [0.15, 0.2) is 0 Å². The summed E-state index contributed by atoms with van der Waals surface area (Å²) in [5, 5.41) is 10.5. The number of imidazole rings is 1. The fourth-order valence-electron chi connectivity index (χ4n) is 4.42. The van der Waals surface area contributed by atoms with Gasteiger partial charge in [-0.1, -0.05) is 42.5 Å². The van der Waals surface area contributed by atoms with Crippen LogP contribution in [-0.4, -0.2) is 44.6 Å². The molecular formula is C26H23F3N2NaO. The number of aromatic amines is 1. The van der Waals surface area contributed by atoms with E-state index in [2.05, 4.69) is 4.98 Å². The molecule has 1 aliphatic carbocycles. The van der Waals surface area contributed by atoms with Gasteiger partial charge in [-0.05, 0) is 72.7 Å². The third kappa shape index (κ3) is 4.76. The minimum absolute atomic E-state index is 0. The van der Waals surface area contributed by atoms with Crippen molar-refractivity contribution in [2.75, 3.05) is 0 Å². The molecule has 1 aromatic heterocycles. The van der Waals surface area contributed by atoms with Crippen LogP contribution in [0.1, 0.15) is 54.6 Å². The zero-order valence-corrected chi connectivity index (χ0v) is 20.7. The monoisotopic (exact) mass is 459 g/mol. The van der Waals surface area contributed by atoms with Gasteiger partial charge in [-0.25, -0.2) is 4.98 Å². The first-order valence-corrected chi connectivity index (χ1v) is 10.6. The molecule has 0 unspecified atom stereocenters. The number of fused-ring (bicyclic) bond motifs is 1. The summed E-state index contributed by atoms with van der Waals surface area (Å²) in [6.07, 6.45) is -3.46. The molecule has 5 rings (SSSR count). The molecule has 3 nitrogen and oxygen atoms in total. The maximum Gasteiger partial charge on any atom is 0.416 e. The van der Waals surface area contributed by atoms with Crippen LogP contribution in [-0.2, 0) is 11.8 Å². The number of hydrogen-bond donors (Lipinski definition) is 2. The van der Waals surface area contributed by atoms with Crippen LogP contribution in [0.2, 0.25) is 0 Å². The van der Waals surface area contributed by atoms with E-state index in [0.29, 0.717) is 0 Å². The molecular weight excluding hydrogens is 436 g/mol. The number of alkyl halides is 3. The van der Waals surface area contributed by atoms with E-state index in [1.165, 1.54) is 0 Å². The average molecular weight is 459 g/mol. The number of H-pyrrole nitrogens is 1. The van der Waals surface area contributed by atoms with Crippen molar-refractivity contribution in [1.82, 2.24) is 9.97 Å². The zero-order chi connectivity index (χ0) is 22.7. The van der Waals surface area contributed by atoms with Gasteiger partial charge in [0.05, 0.1) is 22.2 Å². The maximum atomic E-state index is 12.8. The van der Waals surface area contributed by atoms with Crippen LogP contribution in [0, 0.1) is 0 Å². The normalized spacial score (nSPS) is 18.2. The van der Waals surface area contributed by atoms with Gasteiger partial charge in [-0.2, -0.15) is 13.2 Å². The van der Waals surface area contributed by atoms with Gasteiger partial charge in [-0.15, -0.1) is 0 Å². The number of hydrogen-bond acceptors (Lipinski definition) is 2. The van der Waals surface area contributed by atoms with Gasteiger partial charge in [0.25, 0.3) is 0 Å². The Labute approximate surface area is 212 Å². The molecule has 2 N–H and O–H groups in total. The Balaban J connectivity index is 0.00000259. The topological polar surface area (TPSA) is 48.9 Å². The SMILES string of the molecule is CC(C)(O)c1ccccc1-c1ccc2[nH]c([C@H]3C[C@@H]3c3ccc(C(F)(F)F)cc3)nc2c1.[Na]. The second kappa shape index (κ2) is 8.58. The Kier molecular flexibility index (Phi) is 6.25. The predicted octanol–water partition coefficient (Wildman–Crippen LogP) is 6.37. The summed E-state index contributed by atoms with van der Waals surface area (Å²) >= 11 is 0. The second-order valence-corrected chi connectivity index (χ2v) is 9.03. The van der Waals surface area contributed by atoms with Crippen LogP contribution >= 0.6 is 0 Å². The molecule has 0 amide bonds. The van der Waals surface area contributed by atoms with E-state index in [9.17, 15) is 18.3 Å². The van der Waals surface area contributed by atoms with Crippen LogP contribution in [0.4, 0.5) is 13.2 Å². The molecule has 0 bridgehead atoms. The predicted molar refractivity (Wildman–Crippen MR) is 124 cm³/mol. The molecule has 1 heterocycles. The van der Waals surface area contributed by atoms with E-state index < -0.39 is 17.3 Å². The zero-order valence-electron chi connectivity index (χ0n) is 18.7. The molecule has 1 fully saturated rings. The average Bonchev–Trinajstić information content (AvgIpc) is 3.44. The summed E-state index contributed by atoms with van der Waals surface area (Å²) in [7, 11) is 0. The van der Waals surface area contributed by atoms with Gasteiger partial charge in [0.1, 0.15) is 5.82 Å². The Hall–Kier alpha value is -2.12. The van der Waals surface area contributed by atoms with Crippen LogP contribution in [0.25, 0.3) is 22.2 Å². The summed E-state index contributed by atoms with van der Waals surface area (Å²) in [6.45, 7) is 3.54. The van der Waals surface area contributed by atoms with E-state index >= 15 is 0 Å². The van der Waals surface area contributed by atoms with Gasteiger partial charge < -0.3 is 10.1 Å². The number of nitrogens with one attached hydrogen (secondary N) is 1. The summed E-state index contributed by atoms with van der Waals surface area (Å²) in [6, 6.07) is 19.2. The van der Waals surface area contributed by atoms with Crippen molar-refractivity contribution in [2.24, 2.45) is 0 Å². The van der Waals surface area contributed by atoms with E-state index in [0.717, 1.165) is 57.7 Å². The second-order valence-electron chi connectivity index (χ2n) is 9.03. The number of benzene rings is 3. The fourth-order valence-corrected chi connectivity index (χ4v) is 4.42. The maximum absolute atomic E-state index is 12.8. The van der Waals surface area contributed by atoms with Gasteiger partial charge in [0.2, 0.25) is 0 Å². The molecule has 1 radical (unpaired) electrons. The Morgan fingerprint density at radius 2 is 1.64 bits per heavy atom. The van der Waals surface area contributed by atoms with E-state index in [1.807, 2.05) is 42.5 Å². The standard InChI is InChI=1S/C26H23F3N2O.Na/c1-25(2,32)21-6-4-3-5-18(21)16-9-12-22-23(13-16)31-24(30-22)20-14-19(20)15-7-10-17(11-8-15)26(27,28)29;/h3-13,19-20,32H,14H2,1-2H3,(H,30,31);/t19-,20+;/m1./s1. The molecule has 33 heavy (non-hydrogen) atoms. The molecule has 0 saturated heterocycles. The number of aliphatic hydroxyl groups is 1. The van der Waals surface area contributed by atoms with Gasteiger partial charge in [-0.3, -0.25) is 0 Å². The first kappa shape index (κ1) is 24.0. The minimum atomic E-state index is -4.32. The Bertz CT molecular complexity index is 1290. The van der Waals surface area contributed by atoms with Crippen LogP contribution in [0.3, 0.4) is 0 Å². The van der Waals surface area contributed by atoms with Crippen molar-refractivity contribution in [2.45, 2.75) is 43.9 Å². The van der Waals surface area contributed by atoms with Gasteiger partial charge >= 0.3 is 6.18 Å². The van der Waals surface area contributed by atoms with E-state index in [-0.39, 0.29) is 41.4 Å². The summed E-state index contributed by atoms with van der Waals surface area (Å²) in [5.74, 6) is 1.21. The smallest absolute Gasteiger partial charge is 0.386 e. The quantitative estimate of drug-likeness (QED) is 0.349. The van der Waals surface area contributed by atoms with Crippen molar-refractivity contribution in [3.05, 3.63) is 89.2 Å². The first-order valence-electron chi connectivity index (χ1n) is 10.6. The van der Waals surface area contributed by atoms with Crippen molar-refractivity contribution in [1.29, 1.82) is 0 Å². The largest absolute Gasteiger partial charge is 0.416 e. The molecule has 2 atom stereocenters. The van der Waals surface area contributed by atoms with E-state index in [1.54, 1.807) is 26.0 Å². The van der Waals surface area contributed by atoms with Crippen LogP contribution in [0.5, 0.6) is 0 Å². The summed E-state index contributed by atoms with van der Waals surface area (Å²) in [5.41, 5.74) is 3.85. The Morgan fingerprint density at radius 1 is 0.939 bits per heavy atom. The molecule has 7 heteroatoms. The van der Waals surface area contributed by atoms with Crippen molar-refractivity contribution < 1.29 is 18.3 Å².